The van der Waals surface area contributed by atoms with Gasteiger partial charge in [-0.2, -0.15) is 0 Å². The van der Waals surface area contributed by atoms with E-state index < -0.39 is 13.7 Å². The number of hydrogen-bond donors (Lipinski definition) is 1. The molecule has 2 aromatic carbocycles. The minimum absolute atomic E-state index is 0.0171. The molecule has 8 heteroatoms. The molecule has 0 aromatic heterocycles. The Morgan fingerprint density at radius 1 is 1.18 bits per heavy atom. The third-order valence-corrected chi connectivity index (χ3v) is 13.5. The van der Waals surface area contributed by atoms with Gasteiger partial charge >= 0.3 is 0 Å². The average Bonchev–Trinajstić information content (AvgIpc) is 3.36. The Labute approximate surface area is 232 Å². The first-order valence-corrected chi connectivity index (χ1v) is 17.1. The van der Waals surface area contributed by atoms with Crippen LogP contribution in [0, 0.1) is 5.92 Å². The number of benzene rings is 2. The lowest BCUT2D eigenvalue weighted by molar-refractivity contribution is -0.146. The predicted molar refractivity (Wildman–Crippen MR) is 156 cm³/mol. The van der Waals surface area contributed by atoms with Crippen molar-refractivity contribution in [3.63, 3.8) is 0 Å². The Morgan fingerprint density at radius 3 is 2.56 bits per heavy atom. The van der Waals surface area contributed by atoms with Gasteiger partial charge in [0.2, 0.25) is 5.91 Å². The van der Waals surface area contributed by atoms with Crippen LogP contribution < -0.4 is 19.7 Å². The van der Waals surface area contributed by atoms with Gasteiger partial charge < -0.3 is 24.4 Å². The second-order valence-electron chi connectivity index (χ2n) is 11.6. The first kappa shape index (κ1) is 27.6. The number of carbonyl (C=O) groups is 2. The lowest BCUT2D eigenvalue weighted by atomic mass is 9.82. The molecule has 1 N–H and O–H groups in total. The highest BCUT2D eigenvalue weighted by atomic mass is 28.3. The number of aliphatic hydroxyl groups excluding tert-OH is 1. The second kappa shape index (κ2) is 10.6. The van der Waals surface area contributed by atoms with Crippen LogP contribution in [-0.4, -0.2) is 57.9 Å². The minimum atomic E-state index is -2.23. The van der Waals surface area contributed by atoms with E-state index in [9.17, 15) is 14.7 Å². The molecule has 2 aromatic rings. The first-order valence-electron chi connectivity index (χ1n) is 14.0. The number of hydrogen-bond acceptors (Lipinski definition) is 5. The summed E-state index contributed by atoms with van der Waals surface area (Å²) in [6.07, 6.45) is 4.32. The molecule has 3 heterocycles. The van der Waals surface area contributed by atoms with Gasteiger partial charge in [-0.15, -0.1) is 6.58 Å². The van der Waals surface area contributed by atoms with Gasteiger partial charge in [-0.25, -0.2) is 0 Å². The van der Waals surface area contributed by atoms with Crippen LogP contribution in [0.15, 0.2) is 55.1 Å². The number of carbonyl (C=O) groups excluding carboxylic acids is 2. The zero-order valence-electron chi connectivity index (χ0n) is 23.5. The maximum Gasteiger partial charge on any atom is 0.264 e. The number of amides is 2. The summed E-state index contributed by atoms with van der Waals surface area (Å²) in [5, 5.41) is 11.3. The molecule has 7 nitrogen and oxygen atoms in total. The molecule has 2 saturated heterocycles. The summed E-state index contributed by atoms with van der Waals surface area (Å²) in [6, 6.07) is 14.2. The van der Waals surface area contributed by atoms with Crippen molar-refractivity contribution in [2.75, 3.05) is 36.6 Å². The van der Waals surface area contributed by atoms with Crippen molar-refractivity contribution >= 4 is 36.4 Å². The topological polar surface area (TPSA) is 79.3 Å². The molecule has 0 aliphatic carbocycles. The molecule has 3 aliphatic heterocycles. The molecular weight excluding hydrogens is 508 g/mol. The minimum Gasteiger partial charge on any atom is -0.497 e. The van der Waals surface area contributed by atoms with Gasteiger partial charge in [0.05, 0.1) is 27.0 Å². The van der Waals surface area contributed by atoms with Crippen LogP contribution >= 0.6 is 0 Å². The Bertz CT molecular complexity index is 1260. The average molecular weight is 549 g/mol. The summed E-state index contributed by atoms with van der Waals surface area (Å²) in [5.74, 6) is 0.692. The normalized spacial score (nSPS) is 26.8. The van der Waals surface area contributed by atoms with Gasteiger partial charge in [-0.05, 0) is 55.1 Å². The standard InChI is InChI=1S/C31H40N2O5Si/c1-6-17-33-26-15-10-22(32-18-8-7-9-28(32)35)20-25(26)31(30(33)36)21(2)29(27(38-31)16-19-34)39(4,5)24-13-11-23(37-3)12-14-24/h6,10-15,20-21,27,29,34H,1,7-9,16-19H2,2-5H3/t21-,27+,29-,31+/m0/s1. The molecule has 0 saturated carbocycles. The van der Waals surface area contributed by atoms with Crippen molar-refractivity contribution in [2.45, 2.75) is 62.9 Å². The highest BCUT2D eigenvalue weighted by molar-refractivity contribution is 6.91. The Kier molecular flexibility index (Phi) is 7.48. The second-order valence-corrected chi connectivity index (χ2v) is 16.3. The monoisotopic (exact) mass is 548 g/mol. The number of anilines is 2. The zero-order chi connectivity index (χ0) is 27.9. The first-order chi connectivity index (χ1) is 18.7. The van der Waals surface area contributed by atoms with Gasteiger partial charge in [0, 0.05) is 43.3 Å². The molecular formula is C31H40N2O5Si. The van der Waals surface area contributed by atoms with E-state index in [0.29, 0.717) is 25.9 Å². The zero-order valence-corrected chi connectivity index (χ0v) is 24.5. The SMILES string of the molecule is C=CCN1C(=O)[C@]2(O[C@H](CCO)[C@@H]([Si](C)(C)c3ccc(OC)cc3)[C@@H]2C)c2cc(N3CCCCC3=O)ccc21. The van der Waals surface area contributed by atoms with Crippen LogP contribution in [0.5, 0.6) is 5.75 Å². The highest BCUT2D eigenvalue weighted by Gasteiger charge is 2.66. The van der Waals surface area contributed by atoms with Gasteiger partial charge in [-0.1, -0.05) is 43.4 Å². The summed E-state index contributed by atoms with van der Waals surface area (Å²) in [4.78, 5) is 30.8. The van der Waals surface area contributed by atoms with Gasteiger partial charge in [0.1, 0.15) is 5.75 Å². The fourth-order valence-corrected chi connectivity index (χ4v) is 11.3. The van der Waals surface area contributed by atoms with Crippen LogP contribution in [0.4, 0.5) is 11.4 Å². The van der Waals surface area contributed by atoms with E-state index >= 15 is 0 Å². The summed E-state index contributed by atoms with van der Waals surface area (Å²) < 4.78 is 12.3. The number of piperidine rings is 1. The molecule has 0 unspecified atom stereocenters. The van der Waals surface area contributed by atoms with E-state index in [1.165, 1.54) is 5.19 Å². The predicted octanol–water partition coefficient (Wildman–Crippen LogP) is 4.34. The van der Waals surface area contributed by atoms with Crippen molar-refractivity contribution in [2.24, 2.45) is 5.92 Å². The number of methoxy groups -OCH3 is 1. The molecule has 1 spiro atoms. The third kappa shape index (κ3) is 4.33. The molecule has 39 heavy (non-hydrogen) atoms. The third-order valence-electron chi connectivity index (χ3n) is 9.18. The largest absolute Gasteiger partial charge is 0.497 e. The Morgan fingerprint density at radius 2 is 1.92 bits per heavy atom. The molecule has 5 rings (SSSR count). The fraction of sp³-hybridized carbons (Fsp3) is 0.484. The van der Waals surface area contributed by atoms with Crippen molar-refractivity contribution in [1.82, 2.24) is 0 Å². The summed E-state index contributed by atoms with van der Waals surface area (Å²) in [6.45, 7) is 11.7. The maximum absolute atomic E-state index is 14.4. The lowest BCUT2D eigenvalue weighted by Gasteiger charge is -2.37. The van der Waals surface area contributed by atoms with E-state index in [1.54, 1.807) is 18.1 Å². The maximum atomic E-state index is 14.4. The number of nitrogens with zero attached hydrogens (tertiary/aromatic N) is 2. The van der Waals surface area contributed by atoms with E-state index in [-0.39, 0.29) is 36.0 Å². The summed E-state index contributed by atoms with van der Waals surface area (Å²) in [7, 11) is -0.572. The molecule has 0 bridgehead atoms. The van der Waals surface area contributed by atoms with E-state index in [2.05, 4.69) is 38.7 Å². The summed E-state index contributed by atoms with van der Waals surface area (Å²) >= 11 is 0. The number of aliphatic hydroxyl groups is 1. The smallest absolute Gasteiger partial charge is 0.264 e. The molecule has 0 radical (unpaired) electrons. The van der Waals surface area contributed by atoms with Gasteiger partial charge in [0.15, 0.2) is 5.60 Å². The lowest BCUT2D eigenvalue weighted by Crippen LogP contribution is -2.52. The van der Waals surface area contributed by atoms with Crippen LogP contribution in [-0.2, 0) is 19.9 Å². The van der Waals surface area contributed by atoms with Crippen molar-refractivity contribution in [1.29, 1.82) is 0 Å². The van der Waals surface area contributed by atoms with E-state index in [0.717, 1.165) is 35.5 Å². The van der Waals surface area contributed by atoms with Crippen molar-refractivity contribution in [3.8, 4) is 5.75 Å². The highest BCUT2D eigenvalue weighted by Crippen LogP contribution is 2.60. The van der Waals surface area contributed by atoms with Crippen molar-refractivity contribution < 1.29 is 24.2 Å². The Balaban J connectivity index is 1.63. The summed E-state index contributed by atoms with van der Waals surface area (Å²) in [5.41, 5.74) is 1.33. The van der Waals surface area contributed by atoms with Crippen LogP contribution in [0.3, 0.4) is 0 Å². The van der Waals surface area contributed by atoms with Crippen LogP contribution in [0.2, 0.25) is 18.6 Å². The van der Waals surface area contributed by atoms with Gasteiger partial charge in [-0.3, -0.25) is 9.59 Å². The molecule has 4 atom stereocenters. The molecule has 3 aliphatic rings. The molecule has 2 amide bonds. The van der Waals surface area contributed by atoms with Crippen LogP contribution in [0.1, 0.15) is 38.2 Å². The van der Waals surface area contributed by atoms with Crippen LogP contribution in [0.25, 0.3) is 0 Å². The van der Waals surface area contributed by atoms with E-state index in [4.69, 9.17) is 9.47 Å². The quantitative estimate of drug-likeness (QED) is 0.392. The van der Waals surface area contributed by atoms with Gasteiger partial charge in [0.25, 0.3) is 5.91 Å². The number of ether oxygens (including phenoxy) is 2. The van der Waals surface area contributed by atoms with Crippen molar-refractivity contribution in [3.05, 3.63) is 60.7 Å². The number of fused-ring (bicyclic) bond motifs is 2. The fourth-order valence-electron chi connectivity index (χ4n) is 7.26. The Hall–Kier alpha value is -2.94. The molecule has 208 valence electrons. The number of rotatable bonds is 8. The van der Waals surface area contributed by atoms with E-state index in [1.807, 2.05) is 35.2 Å². The molecule has 2 fully saturated rings.